The third-order valence-corrected chi connectivity index (χ3v) is 2.95. The molecule has 1 heteroatoms. The Morgan fingerprint density at radius 3 is 2.20 bits per heavy atom. The SMILES string of the molecule is CCC(CCNC)c1cc(C)cc(C)c1. The number of hydrogen-bond acceptors (Lipinski definition) is 1. The van der Waals surface area contributed by atoms with Crippen LogP contribution in [0.1, 0.15) is 42.4 Å². The highest BCUT2D eigenvalue weighted by atomic mass is 14.8. The fourth-order valence-electron chi connectivity index (χ4n) is 2.17. The lowest BCUT2D eigenvalue weighted by atomic mass is 9.91. The minimum atomic E-state index is 0.705. The van der Waals surface area contributed by atoms with Gasteiger partial charge in [-0.1, -0.05) is 36.2 Å². The predicted molar refractivity (Wildman–Crippen MR) is 67.5 cm³/mol. The van der Waals surface area contributed by atoms with Crippen molar-refractivity contribution in [1.82, 2.24) is 5.32 Å². The van der Waals surface area contributed by atoms with Crippen molar-refractivity contribution >= 4 is 0 Å². The Bertz CT molecular complexity index is 284. The summed E-state index contributed by atoms with van der Waals surface area (Å²) < 4.78 is 0. The van der Waals surface area contributed by atoms with Crippen LogP contribution < -0.4 is 5.32 Å². The molecule has 0 aliphatic rings. The molecule has 0 saturated heterocycles. The fraction of sp³-hybridized carbons (Fsp3) is 0.571. The third kappa shape index (κ3) is 3.67. The van der Waals surface area contributed by atoms with E-state index in [-0.39, 0.29) is 0 Å². The Morgan fingerprint density at radius 2 is 1.73 bits per heavy atom. The van der Waals surface area contributed by atoms with Crippen LogP contribution >= 0.6 is 0 Å². The first-order chi connectivity index (χ1) is 7.17. The van der Waals surface area contributed by atoms with Crippen molar-refractivity contribution in [3.05, 3.63) is 34.9 Å². The van der Waals surface area contributed by atoms with E-state index < -0.39 is 0 Å². The van der Waals surface area contributed by atoms with Gasteiger partial charge in [-0.2, -0.15) is 0 Å². The van der Waals surface area contributed by atoms with Crippen molar-refractivity contribution in [1.29, 1.82) is 0 Å². The second-order valence-corrected chi connectivity index (χ2v) is 4.42. The van der Waals surface area contributed by atoms with Crippen molar-refractivity contribution in [2.45, 2.75) is 39.5 Å². The van der Waals surface area contributed by atoms with Crippen LogP contribution in [0.3, 0.4) is 0 Å². The zero-order valence-electron chi connectivity index (χ0n) is 10.4. The smallest absolute Gasteiger partial charge is 0.00461 e. The van der Waals surface area contributed by atoms with Crippen molar-refractivity contribution in [2.75, 3.05) is 13.6 Å². The zero-order valence-corrected chi connectivity index (χ0v) is 10.4. The molecule has 0 aliphatic carbocycles. The lowest BCUT2D eigenvalue weighted by Crippen LogP contribution is -2.12. The van der Waals surface area contributed by atoms with Crippen LogP contribution in [-0.4, -0.2) is 13.6 Å². The van der Waals surface area contributed by atoms with Gasteiger partial charge in [0, 0.05) is 0 Å². The predicted octanol–water partition coefficient (Wildman–Crippen LogP) is 3.41. The standard InChI is InChI=1S/C14H23N/c1-5-13(6-7-15-4)14-9-11(2)8-12(3)10-14/h8-10,13,15H,5-7H2,1-4H3. The molecule has 1 aromatic rings. The van der Waals surface area contributed by atoms with Crippen molar-refractivity contribution < 1.29 is 0 Å². The van der Waals surface area contributed by atoms with Crippen LogP contribution in [0.2, 0.25) is 0 Å². The lowest BCUT2D eigenvalue weighted by Gasteiger charge is -2.16. The van der Waals surface area contributed by atoms with E-state index in [9.17, 15) is 0 Å². The molecule has 15 heavy (non-hydrogen) atoms. The van der Waals surface area contributed by atoms with Gasteiger partial charge in [0.1, 0.15) is 0 Å². The molecule has 0 saturated carbocycles. The van der Waals surface area contributed by atoms with Crippen LogP contribution in [0, 0.1) is 13.8 Å². The quantitative estimate of drug-likeness (QED) is 0.777. The van der Waals surface area contributed by atoms with E-state index in [2.05, 4.69) is 44.3 Å². The van der Waals surface area contributed by atoms with E-state index in [1.165, 1.54) is 29.5 Å². The highest BCUT2D eigenvalue weighted by Crippen LogP contribution is 2.24. The van der Waals surface area contributed by atoms with Gasteiger partial charge in [0.15, 0.2) is 0 Å². The Morgan fingerprint density at radius 1 is 1.13 bits per heavy atom. The number of aryl methyl sites for hydroxylation is 2. The summed E-state index contributed by atoms with van der Waals surface area (Å²) in [6, 6.07) is 6.90. The molecular formula is C14H23N. The van der Waals surface area contributed by atoms with Gasteiger partial charge in [-0.25, -0.2) is 0 Å². The third-order valence-electron chi connectivity index (χ3n) is 2.95. The van der Waals surface area contributed by atoms with Crippen LogP contribution in [0.25, 0.3) is 0 Å². The topological polar surface area (TPSA) is 12.0 Å². The average molecular weight is 205 g/mol. The number of nitrogens with one attached hydrogen (secondary N) is 1. The maximum Gasteiger partial charge on any atom is -0.00461 e. The molecule has 1 rings (SSSR count). The van der Waals surface area contributed by atoms with Gasteiger partial charge >= 0.3 is 0 Å². The number of hydrogen-bond donors (Lipinski definition) is 1. The van der Waals surface area contributed by atoms with Crippen LogP contribution in [0.15, 0.2) is 18.2 Å². The Labute approximate surface area is 93.9 Å². The monoisotopic (exact) mass is 205 g/mol. The van der Waals surface area contributed by atoms with Crippen LogP contribution in [0.4, 0.5) is 0 Å². The zero-order chi connectivity index (χ0) is 11.3. The van der Waals surface area contributed by atoms with E-state index in [0.717, 1.165) is 6.54 Å². The number of rotatable bonds is 5. The summed E-state index contributed by atoms with van der Waals surface area (Å²) in [5.74, 6) is 0.705. The molecule has 1 atom stereocenters. The Balaban J connectivity index is 2.81. The number of benzene rings is 1. The molecule has 1 N–H and O–H groups in total. The van der Waals surface area contributed by atoms with Gasteiger partial charge < -0.3 is 5.32 Å². The maximum absolute atomic E-state index is 3.23. The van der Waals surface area contributed by atoms with Gasteiger partial charge in [0.2, 0.25) is 0 Å². The molecule has 0 aromatic heterocycles. The van der Waals surface area contributed by atoms with Crippen molar-refractivity contribution in [3.63, 3.8) is 0 Å². The minimum Gasteiger partial charge on any atom is -0.320 e. The molecular weight excluding hydrogens is 182 g/mol. The van der Waals surface area contributed by atoms with Gasteiger partial charge in [-0.3, -0.25) is 0 Å². The molecule has 0 heterocycles. The van der Waals surface area contributed by atoms with E-state index in [4.69, 9.17) is 0 Å². The summed E-state index contributed by atoms with van der Waals surface area (Å²) in [7, 11) is 2.02. The summed E-state index contributed by atoms with van der Waals surface area (Å²) in [6.07, 6.45) is 2.46. The molecule has 1 unspecified atom stereocenters. The molecule has 1 nitrogen and oxygen atoms in total. The van der Waals surface area contributed by atoms with Gasteiger partial charge in [-0.15, -0.1) is 0 Å². The first kappa shape index (κ1) is 12.3. The second-order valence-electron chi connectivity index (χ2n) is 4.42. The van der Waals surface area contributed by atoms with Crippen molar-refractivity contribution in [2.24, 2.45) is 0 Å². The molecule has 0 aliphatic heterocycles. The summed E-state index contributed by atoms with van der Waals surface area (Å²) in [6.45, 7) is 7.74. The average Bonchev–Trinajstić information content (AvgIpc) is 2.17. The van der Waals surface area contributed by atoms with Crippen molar-refractivity contribution in [3.8, 4) is 0 Å². The highest BCUT2D eigenvalue weighted by Gasteiger charge is 2.09. The summed E-state index contributed by atoms with van der Waals surface area (Å²) in [4.78, 5) is 0. The maximum atomic E-state index is 3.23. The largest absolute Gasteiger partial charge is 0.320 e. The first-order valence-electron chi connectivity index (χ1n) is 5.90. The minimum absolute atomic E-state index is 0.705. The molecule has 0 bridgehead atoms. The Kier molecular flexibility index (Phi) is 4.83. The molecule has 0 amide bonds. The summed E-state index contributed by atoms with van der Waals surface area (Å²) in [5, 5.41) is 3.23. The highest BCUT2D eigenvalue weighted by molar-refractivity contribution is 5.30. The van der Waals surface area contributed by atoms with Crippen LogP contribution in [0.5, 0.6) is 0 Å². The molecule has 1 aromatic carbocycles. The summed E-state index contributed by atoms with van der Waals surface area (Å²) >= 11 is 0. The lowest BCUT2D eigenvalue weighted by molar-refractivity contribution is 0.580. The molecule has 84 valence electrons. The van der Waals surface area contributed by atoms with E-state index in [0.29, 0.717) is 5.92 Å². The van der Waals surface area contributed by atoms with Gasteiger partial charge in [0.05, 0.1) is 0 Å². The van der Waals surface area contributed by atoms with E-state index in [1.807, 2.05) is 7.05 Å². The van der Waals surface area contributed by atoms with Gasteiger partial charge in [-0.05, 0) is 51.8 Å². The second kappa shape index (κ2) is 5.92. The van der Waals surface area contributed by atoms with Gasteiger partial charge in [0.25, 0.3) is 0 Å². The molecule has 0 radical (unpaired) electrons. The normalized spacial score (nSPS) is 12.8. The Hall–Kier alpha value is -0.820. The van der Waals surface area contributed by atoms with Crippen LogP contribution in [-0.2, 0) is 0 Å². The first-order valence-corrected chi connectivity index (χ1v) is 5.90. The fourth-order valence-corrected chi connectivity index (χ4v) is 2.17. The van der Waals surface area contributed by atoms with E-state index in [1.54, 1.807) is 0 Å². The molecule has 0 spiro atoms. The molecule has 0 fully saturated rings. The summed E-state index contributed by atoms with van der Waals surface area (Å²) in [5.41, 5.74) is 4.27. The van der Waals surface area contributed by atoms with E-state index >= 15 is 0 Å².